The van der Waals surface area contributed by atoms with Gasteiger partial charge in [0.2, 0.25) is 0 Å². The van der Waals surface area contributed by atoms with Gasteiger partial charge in [0.05, 0.1) is 5.69 Å². The van der Waals surface area contributed by atoms with Crippen LogP contribution in [0, 0.1) is 17.7 Å². The van der Waals surface area contributed by atoms with E-state index in [4.69, 9.17) is 10.2 Å². The third kappa shape index (κ3) is 11.0. The number of hydrogen-bond acceptors (Lipinski definition) is 4. The second-order valence-electron chi connectivity index (χ2n) is 11.9. The topological polar surface area (TPSA) is 70.4 Å². The van der Waals surface area contributed by atoms with E-state index in [0.29, 0.717) is 5.92 Å². The number of aryl methyl sites for hydroxylation is 1. The largest absolute Gasteiger partial charge is 0.480 e. The van der Waals surface area contributed by atoms with Crippen LogP contribution in [0.15, 0.2) is 66.7 Å². The van der Waals surface area contributed by atoms with E-state index in [9.17, 15) is 9.18 Å². The minimum atomic E-state index is -0.785. The molecule has 0 bridgehead atoms. The Morgan fingerprint density at radius 1 is 1.00 bits per heavy atom. The first-order valence-corrected chi connectivity index (χ1v) is 15.7. The van der Waals surface area contributed by atoms with Gasteiger partial charge >= 0.3 is 5.97 Å². The summed E-state index contributed by atoms with van der Waals surface area (Å²) in [5.74, 6) is 0.847. The molecule has 6 nitrogen and oxygen atoms in total. The summed E-state index contributed by atoms with van der Waals surface area (Å²) in [6.45, 7) is 10.8. The maximum atomic E-state index is 11.9. The Morgan fingerprint density at radius 3 is 2.05 bits per heavy atom. The van der Waals surface area contributed by atoms with Gasteiger partial charge in [-0.15, -0.1) is 0 Å². The molecule has 1 saturated carbocycles. The third-order valence-corrected chi connectivity index (χ3v) is 8.36. The van der Waals surface area contributed by atoms with Crippen molar-refractivity contribution in [3.05, 3.63) is 89.5 Å². The Balaban J connectivity index is 0.000000248. The predicted octanol–water partition coefficient (Wildman–Crippen LogP) is 7.00. The van der Waals surface area contributed by atoms with E-state index in [0.717, 1.165) is 18.9 Å². The molecule has 1 aliphatic carbocycles. The lowest BCUT2D eigenvalue weighted by Crippen LogP contribution is -2.38. The molecule has 1 aliphatic heterocycles. The molecule has 3 aromatic rings. The SMILES string of the molecule is CCn1nc(Cc2ccccc2)cc1C1CCN(CC2CCCC2)CC1.CNC(C(=O)O)C(C)C.Fc1ccccc1. The molecule has 230 valence electrons. The molecule has 0 spiro atoms. The van der Waals surface area contributed by atoms with Crippen molar-refractivity contribution in [2.24, 2.45) is 11.8 Å². The lowest BCUT2D eigenvalue weighted by molar-refractivity contribution is -0.140. The maximum absolute atomic E-state index is 11.9. The van der Waals surface area contributed by atoms with E-state index >= 15 is 0 Å². The molecule has 7 heteroatoms. The van der Waals surface area contributed by atoms with Gasteiger partial charge in [-0.3, -0.25) is 9.48 Å². The standard InChI is InChI=1S/C23H33N3.C6H5F.C6H13NO2/c1-2-26-23(17-22(24-26)16-19-8-4-3-5-9-19)21-12-14-25(15-13-21)18-20-10-6-7-11-20;7-6-4-2-1-3-5-6;1-4(2)5(7-3)6(8)9/h3-5,8-9,17,20-21H,2,6-7,10-16,18H2,1H3;1-5H;4-5,7H,1-3H3,(H,8,9). The van der Waals surface area contributed by atoms with Crippen LogP contribution in [-0.2, 0) is 17.8 Å². The summed E-state index contributed by atoms with van der Waals surface area (Å²) in [5.41, 5.74) is 4.05. The van der Waals surface area contributed by atoms with Crippen molar-refractivity contribution in [3.63, 3.8) is 0 Å². The minimum Gasteiger partial charge on any atom is -0.480 e. The number of aromatic nitrogens is 2. The van der Waals surface area contributed by atoms with Crippen LogP contribution in [0.1, 0.15) is 82.2 Å². The molecule has 0 radical (unpaired) electrons. The highest BCUT2D eigenvalue weighted by molar-refractivity contribution is 5.73. The molecule has 2 heterocycles. The Kier molecular flexibility index (Phi) is 14.2. The number of likely N-dealkylation sites (N-methyl/N-ethyl adjacent to an activating group) is 1. The van der Waals surface area contributed by atoms with Crippen molar-refractivity contribution in [2.75, 3.05) is 26.7 Å². The van der Waals surface area contributed by atoms with E-state index in [-0.39, 0.29) is 11.7 Å². The quantitative estimate of drug-likeness (QED) is 0.286. The number of aliphatic carboxylic acids is 1. The summed E-state index contributed by atoms with van der Waals surface area (Å²) in [6, 6.07) is 20.6. The van der Waals surface area contributed by atoms with E-state index in [1.54, 1.807) is 25.2 Å². The van der Waals surface area contributed by atoms with Crippen LogP contribution in [0.3, 0.4) is 0 Å². The summed E-state index contributed by atoms with van der Waals surface area (Å²) in [7, 11) is 1.65. The lowest BCUT2D eigenvalue weighted by atomic mass is 9.92. The van der Waals surface area contributed by atoms with Gasteiger partial charge in [0.15, 0.2) is 0 Å². The fourth-order valence-electron chi connectivity index (χ4n) is 6.09. The van der Waals surface area contributed by atoms with Crippen LogP contribution < -0.4 is 5.32 Å². The Hall–Kier alpha value is -3.03. The number of carboxylic acids is 1. The van der Waals surface area contributed by atoms with Gasteiger partial charge in [-0.1, -0.05) is 75.2 Å². The number of carbonyl (C=O) groups is 1. The highest BCUT2D eigenvalue weighted by Crippen LogP contribution is 2.31. The zero-order valence-electron chi connectivity index (χ0n) is 26.0. The highest BCUT2D eigenvalue weighted by atomic mass is 19.1. The van der Waals surface area contributed by atoms with Crippen molar-refractivity contribution in [3.8, 4) is 0 Å². The summed E-state index contributed by atoms with van der Waals surface area (Å²) in [4.78, 5) is 13.0. The van der Waals surface area contributed by atoms with Crippen LogP contribution in [0.4, 0.5) is 4.39 Å². The first-order chi connectivity index (χ1) is 20.3. The predicted molar refractivity (Wildman–Crippen MR) is 169 cm³/mol. The van der Waals surface area contributed by atoms with Gasteiger partial charge in [-0.2, -0.15) is 5.10 Å². The van der Waals surface area contributed by atoms with E-state index < -0.39 is 12.0 Å². The zero-order valence-corrected chi connectivity index (χ0v) is 26.0. The summed E-state index contributed by atoms with van der Waals surface area (Å²) in [6.07, 6.45) is 9.38. The van der Waals surface area contributed by atoms with Crippen LogP contribution in [0.25, 0.3) is 0 Å². The van der Waals surface area contributed by atoms with E-state index in [2.05, 4.69) is 58.2 Å². The monoisotopic (exact) mass is 578 g/mol. The molecular weight excluding hydrogens is 527 g/mol. The fraction of sp³-hybridized carbons (Fsp3) is 0.543. The van der Waals surface area contributed by atoms with Crippen LogP contribution >= 0.6 is 0 Å². The summed E-state index contributed by atoms with van der Waals surface area (Å²) >= 11 is 0. The molecule has 2 N–H and O–H groups in total. The molecule has 2 aromatic carbocycles. The molecule has 5 rings (SSSR count). The Bertz CT molecular complexity index is 1150. The van der Waals surface area contributed by atoms with Gasteiger partial charge in [-0.05, 0) is 88.3 Å². The number of nitrogens with one attached hydrogen (secondary N) is 1. The lowest BCUT2D eigenvalue weighted by Gasteiger charge is -2.33. The van der Waals surface area contributed by atoms with Gasteiger partial charge < -0.3 is 15.3 Å². The number of benzene rings is 2. The first-order valence-electron chi connectivity index (χ1n) is 15.7. The fourth-order valence-corrected chi connectivity index (χ4v) is 6.09. The summed E-state index contributed by atoms with van der Waals surface area (Å²) in [5, 5.41) is 16.1. The summed E-state index contributed by atoms with van der Waals surface area (Å²) < 4.78 is 14.2. The third-order valence-electron chi connectivity index (χ3n) is 8.36. The van der Waals surface area contributed by atoms with Crippen molar-refractivity contribution >= 4 is 5.97 Å². The first kappa shape index (κ1) is 33.5. The van der Waals surface area contributed by atoms with Crippen LogP contribution in [-0.4, -0.2) is 58.5 Å². The number of carboxylic acid groups (broad SMARTS) is 1. The zero-order chi connectivity index (χ0) is 30.3. The molecule has 42 heavy (non-hydrogen) atoms. The molecule has 1 saturated heterocycles. The second kappa shape index (κ2) is 17.8. The van der Waals surface area contributed by atoms with Crippen LogP contribution in [0.2, 0.25) is 0 Å². The van der Waals surface area contributed by atoms with Gasteiger partial charge in [-0.25, -0.2) is 4.39 Å². The average molecular weight is 579 g/mol. The van der Waals surface area contributed by atoms with Gasteiger partial charge in [0.1, 0.15) is 11.9 Å². The molecule has 1 unspecified atom stereocenters. The minimum absolute atomic E-state index is 0.146. The number of likely N-dealkylation sites (tertiary alicyclic amines) is 1. The molecular formula is C35H51FN4O2. The van der Waals surface area contributed by atoms with Crippen molar-refractivity contribution in [2.45, 2.75) is 84.2 Å². The van der Waals surface area contributed by atoms with Crippen LogP contribution in [0.5, 0.6) is 0 Å². The highest BCUT2D eigenvalue weighted by Gasteiger charge is 2.26. The van der Waals surface area contributed by atoms with Crippen molar-refractivity contribution in [1.29, 1.82) is 0 Å². The number of hydrogen-bond donors (Lipinski definition) is 2. The van der Waals surface area contributed by atoms with Crippen molar-refractivity contribution < 1.29 is 14.3 Å². The van der Waals surface area contributed by atoms with E-state index in [1.165, 1.54) is 87.2 Å². The number of piperidine rings is 1. The smallest absolute Gasteiger partial charge is 0.320 e. The Labute approximate surface area is 252 Å². The molecule has 1 aromatic heterocycles. The number of halogens is 1. The Morgan fingerprint density at radius 2 is 1.60 bits per heavy atom. The molecule has 0 amide bonds. The van der Waals surface area contributed by atoms with Gasteiger partial charge in [0, 0.05) is 31.1 Å². The van der Waals surface area contributed by atoms with Crippen molar-refractivity contribution in [1.82, 2.24) is 20.0 Å². The maximum Gasteiger partial charge on any atom is 0.320 e. The number of rotatable bonds is 9. The molecule has 2 fully saturated rings. The average Bonchev–Trinajstić information content (AvgIpc) is 3.65. The van der Waals surface area contributed by atoms with E-state index in [1.807, 2.05) is 13.8 Å². The van der Waals surface area contributed by atoms with Gasteiger partial charge in [0.25, 0.3) is 0 Å². The normalized spacial score (nSPS) is 16.8. The second-order valence-corrected chi connectivity index (χ2v) is 11.9. The molecule has 2 aliphatic rings. The number of nitrogens with zero attached hydrogens (tertiary/aromatic N) is 3. The molecule has 1 atom stereocenters.